The third-order valence-corrected chi connectivity index (χ3v) is 4.10. The Morgan fingerprint density at radius 3 is 2.56 bits per heavy atom. The van der Waals surface area contributed by atoms with Gasteiger partial charge < -0.3 is 20.6 Å². The van der Waals surface area contributed by atoms with Gasteiger partial charge in [-0.3, -0.25) is 9.36 Å². The van der Waals surface area contributed by atoms with Gasteiger partial charge in [0.2, 0.25) is 0 Å². The predicted molar refractivity (Wildman–Crippen MR) is 58.0 cm³/mol. The topological polar surface area (TPSA) is 121 Å². The molecule has 0 aliphatic heterocycles. The molecule has 6 nitrogen and oxygen atoms in total. The predicted octanol–water partition coefficient (Wildman–Crippen LogP) is 0.382. The molecule has 1 aliphatic carbocycles. The maximum atomic E-state index is 10.9. The second-order valence-corrected chi connectivity index (χ2v) is 6.20. The van der Waals surface area contributed by atoms with Crippen molar-refractivity contribution in [3.8, 4) is 0 Å². The summed E-state index contributed by atoms with van der Waals surface area (Å²) in [5.41, 5.74) is 5.52. The Labute approximate surface area is 94.0 Å². The number of hydrogen-bond acceptors (Lipinski definition) is 3. The summed E-state index contributed by atoms with van der Waals surface area (Å²) in [5, 5.41) is 8.77. The SMILES string of the molecule is N[C@@H](C(=O)O)[C@H]1CCCC(CP(=O)(O)O)C1. The van der Waals surface area contributed by atoms with Crippen molar-refractivity contribution in [3.05, 3.63) is 0 Å². The molecule has 0 radical (unpaired) electrons. The highest BCUT2D eigenvalue weighted by Gasteiger charge is 2.32. The molecule has 0 amide bonds. The highest BCUT2D eigenvalue weighted by atomic mass is 31.2. The van der Waals surface area contributed by atoms with Crippen molar-refractivity contribution in [2.75, 3.05) is 6.16 Å². The van der Waals surface area contributed by atoms with Gasteiger partial charge in [0.1, 0.15) is 6.04 Å². The number of carboxylic acids is 1. The Hall–Kier alpha value is -0.420. The first-order valence-corrected chi connectivity index (χ1v) is 7.12. The zero-order valence-electron chi connectivity index (χ0n) is 8.95. The Kier molecular flexibility index (Phi) is 4.50. The van der Waals surface area contributed by atoms with E-state index in [1.54, 1.807) is 0 Å². The highest BCUT2D eigenvalue weighted by molar-refractivity contribution is 7.51. The van der Waals surface area contributed by atoms with Crippen LogP contribution in [0.15, 0.2) is 0 Å². The van der Waals surface area contributed by atoms with E-state index in [-0.39, 0.29) is 18.0 Å². The smallest absolute Gasteiger partial charge is 0.325 e. The van der Waals surface area contributed by atoms with Crippen LogP contribution in [0.1, 0.15) is 25.7 Å². The summed E-state index contributed by atoms with van der Waals surface area (Å²) in [6.07, 6.45) is 2.60. The van der Waals surface area contributed by atoms with Gasteiger partial charge in [-0.15, -0.1) is 0 Å². The molecule has 16 heavy (non-hydrogen) atoms. The van der Waals surface area contributed by atoms with Crippen LogP contribution in [-0.4, -0.2) is 33.1 Å². The lowest BCUT2D eigenvalue weighted by molar-refractivity contribution is -0.140. The van der Waals surface area contributed by atoms with E-state index in [2.05, 4.69) is 0 Å². The number of nitrogens with two attached hydrogens (primary N) is 1. The first kappa shape index (κ1) is 13.6. The van der Waals surface area contributed by atoms with E-state index in [1.165, 1.54) is 0 Å². The largest absolute Gasteiger partial charge is 0.480 e. The van der Waals surface area contributed by atoms with Gasteiger partial charge in [-0.1, -0.05) is 6.42 Å². The van der Waals surface area contributed by atoms with Crippen LogP contribution < -0.4 is 5.73 Å². The summed E-state index contributed by atoms with van der Waals surface area (Å²) in [6, 6.07) is -0.917. The van der Waals surface area contributed by atoms with Crippen LogP contribution in [0.5, 0.6) is 0 Å². The minimum absolute atomic E-state index is 0.106. The number of aliphatic carboxylic acids is 1. The Morgan fingerprint density at radius 2 is 2.06 bits per heavy atom. The molecule has 1 fully saturated rings. The molecule has 1 unspecified atom stereocenters. The van der Waals surface area contributed by atoms with Crippen molar-refractivity contribution in [3.63, 3.8) is 0 Å². The van der Waals surface area contributed by atoms with E-state index in [1.807, 2.05) is 0 Å². The monoisotopic (exact) mass is 251 g/mol. The van der Waals surface area contributed by atoms with Crippen molar-refractivity contribution in [1.82, 2.24) is 0 Å². The van der Waals surface area contributed by atoms with Gasteiger partial charge in [0.05, 0.1) is 6.16 Å². The second-order valence-electron chi connectivity index (χ2n) is 4.50. The lowest BCUT2D eigenvalue weighted by Crippen LogP contribution is -2.40. The van der Waals surface area contributed by atoms with Crippen molar-refractivity contribution in [2.24, 2.45) is 17.6 Å². The van der Waals surface area contributed by atoms with E-state index >= 15 is 0 Å². The normalized spacial score (nSPS) is 28.7. The maximum absolute atomic E-state index is 10.9. The number of carboxylic acid groups (broad SMARTS) is 1. The van der Waals surface area contributed by atoms with Crippen molar-refractivity contribution >= 4 is 13.6 Å². The molecule has 0 bridgehead atoms. The van der Waals surface area contributed by atoms with Gasteiger partial charge in [0.25, 0.3) is 0 Å². The van der Waals surface area contributed by atoms with E-state index in [0.717, 1.165) is 19.3 Å². The third-order valence-electron chi connectivity index (χ3n) is 3.11. The van der Waals surface area contributed by atoms with Crippen LogP contribution in [-0.2, 0) is 9.36 Å². The lowest BCUT2D eigenvalue weighted by atomic mass is 9.79. The third kappa shape index (κ3) is 4.22. The van der Waals surface area contributed by atoms with Crippen LogP contribution in [0.3, 0.4) is 0 Å². The zero-order chi connectivity index (χ0) is 12.3. The van der Waals surface area contributed by atoms with Gasteiger partial charge in [0, 0.05) is 0 Å². The Bertz CT molecular complexity index is 302. The molecule has 1 saturated carbocycles. The minimum atomic E-state index is -4.00. The number of hydrogen-bond donors (Lipinski definition) is 4. The summed E-state index contributed by atoms with van der Waals surface area (Å²) in [4.78, 5) is 28.4. The average molecular weight is 251 g/mol. The number of carbonyl (C=O) groups is 1. The summed E-state index contributed by atoms with van der Waals surface area (Å²) in [6.45, 7) is 0. The molecule has 0 aromatic carbocycles. The van der Waals surface area contributed by atoms with Gasteiger partial charge in [0.15, 0.2) is 0 Å². The Morgan fingerprint density at radius 1 is 1.44 bits per heavy atom. The standard InChI is InChI=1S/C9H18NO5P/c10-8(9(11)12)7-3-1-2-6(4-7)5-16(13,14)15/h6-8H,1-5,10H2,(H,11,12)(H2,13,14,15)/t6?,7-,8+/m0/s1. The van der Waals surface area contributed by atoms with E-state index in [0.29, 0.717) is 6.42 Å². The molecular formula is C9H18NO5P. The quantitative estimate of drug-likeness (QED) is 0.536. The first-order valence-electron chi connectivity index (χ1n) is 5.32. The lowest BCUT2D eigenvalue weighted by Gasteiger charge is -2.31. The summed E-state index contributed by atoms with van der Waals surface area (Å²) >= 11 is 0. The van der Waals surface area contributed by atoms with Crippen molar-refractivity contribution in [2.45, 2.75) is 31.7 Å². The molecular weight excluding hydrogens is 233 g/mol. The molecule has 7 heteroatoms. The average Bonchev–Trinajstić information content (AvgIpc) is 2.14. The molecule has 0 heterocycles. The Balaban J connectivity index is 2.53. The van der Waals surface area contributed by atoms with Crippen LogP contribution in [0, 0.1) is 11.8 Å². The zero-order valence-corrected chi connectivity index (χ0v) is 9.84. The first-order chi connectivity index (χ1) is 7.29. The van der Waals surface area contributed by atoms with Gasteiger partial charge in [-0.25, -0.2) is 0 Å². The van der Waals surface area contributed by atoms with Crippen LogP contribution in [0.25, 0.3) is 0 Å². The number of rotatable bonds is 4. The fraction of sp³-hybridized carbons (Fsp3) is 0.889. The molecule has 0 aromatic rings. The van der Waals surface area contributed by atoms with Crippen LogP contribution in [0.2, 0.25) is 0 Å². The minimum Gasteiger partial charge on any atom is -0.480 e. The molecule has 3 atom stereocenters. The molecule has 5 N–H and O–H groups in total. The van der Waals surface area contributed by atoms with Gasteiger partial charge >= 0.3 is 13.6 Å². The second kappa shape index (κ2) is 5.27. The van der Waals surface area contributed by atoms with E-state index in [9.17, 15) is 9.36 Å². The maximum Gasteiger partial charge on any atom is 0.325 e. The molecule has 0 aromatic heterocycles. The van der Waals surface area contributed by atoms with Crippen LogP contribution in [0.4, 0.5) is 0 Å². The fourth-order valence-corrected chi connectivity index (χ4v) is 3.37. The summed E-state index contributed by atoms with van der Waals surface area (Å²) < 4.78 is 10.9. The van der Waals surface area contributed by atoms with Crippen molar-refractivity contribution < 1.29 is 24.3 Å². The molecule has 1 aliphatic rings. The molecule has 94 valence electrons. The fourth-order valence-electron chi connectivity index (χ4n) is 2.36. The molecule has 0 saturated heterocycles. The van der Waals surface area contributed by atoms with Crippen molar-refractivity contribution in [1.29, 1.82) is 0 Å². The summed E-state index contributed by atoms with van der Waals surface area (Å²) in [7, 11) is -4.00. The van der Waals surface area contributed by atoms with Gasteiger partial charge in [-0.05, 0) is 31.1 Å². The van der Waals surface area contributed by atoms with E-state index in [4.69, 9.17) is 20.6 Å². The summed E-state index contributed by atoms with van der Waals surface area (Å²) in [5.74, 6) is -1.31. The molecule has 0 spiro atoms. The highest BCUT2D eigenvalue weighted by Crippen LogP contribution is 2.42. The van der Waals surface area contributed by atoms with Gasteiger partial charge in [-0.2, -0.15) is 0 Å². The molecule has 1 rings (SSSR count). The van der Waals surface area contributed by atoms with E-state index < -0.39 is 19.6 Å². The van der Waals surface area contributed by atoms with Crippen LogP contribution >= 0.6 is 7.60 Å².